The molecule has 0 radical (unpaired) electrons. The summed E-state index contributed by atoms with van der Waals surface area (Å²) < 4.78 is 18.9. The number of carbonyl (C=O) groups is 3. The lowest BCUT2D eigenvalue weighted by molar-refractivity contribution is -0.143. The molecule has 1 heterocycles. The van der Waals surface area contributed by atoms with E-state index in [0.717, 1.165) is 42.8 Å². The minimum absolute atomic E-state index is 0.0842. The molecule has 2 aromatic carbocycles. The second-order valence-corrected chi connectivity index (χ2v) is 10.1. The molecular formula is C29H40FN3O6. The monoisotopic (exact) mass is 545 g/mol. The SMILES string of the molecule is CC(C)COc1ccc(CN(C(=O)NCc2ccc(F)cc2)C2CCN(C)CC2)cc1.O=C(O)CCC(=O)O. The molecule has 0 saturated carbocycles. The number of rotatable bonds is 11. The number of ether oxygens (including phenoxy) is 1. The largest absolute Gasteiger partial charge is 0.493 e. The summed E-state index contributed by atoms with van der Waals surface area (Å²) in [6.07, 6.45) is 1.32. The maximum atomic E-state index is 13.1. The molecule has 1 saturated heterocycles. The van der Waals surface area contributed by atoms with Gasteiger partial charge in [-0.1, -0.05) is 38.1 Å². The van der Waals surface area contributed by atoms with Gasteiger partial charge in [-0.25, -0.2) is 9.18 Å². The smallest absolute Gasteiger partial charge is 0.318 e. The van der Waals surface area contributed by atoms with Gasteiger partial charge in [0.2, 0.25) is 0 Å². The first-order chi connectivity index (χ1) is 18.5. The van der Waals surface area contributed by atoms with Crippen molar-refractivity contribution in [3.05, 3.63) is 65.5 Å². The summed E-state index contributed by atoms with van der Waals surface area (Å²) >= 11 is 0. The molecule has 2 amide bonds. The summed E-state index contributed by atoms with van der Waals surface area (Å²) in [5.74, 6) is -1.10. The second kappa shape index (κ2) is 16.3. The summed E-state index contributed by atoms with van der Waals surface area (Å²) in [5, 5.41) is 18.8. The Morgan fingerprint density at radius 1 is 0.974 bits per heavy atom. The van der Waals surface area contributed by atoms with Crippen LogP contribution in [-0.2, 0) is 22.7 Å². The standard InChI is InChI=1S/C25H34FN3O2.C4H6O4/c1-19(2)18-31-24-10-6-21(7-11-24)17-29(23-12-14-28(3)15-13-23)25(30)27-16-20-4-8-22(26)9-5-20;5-3(6)1-2-4(7)8/h4-11,19,23H,12-18H2,1-3H3,(H,27,30);1-2H2,(H,5,6)(H,7,8). The molecule has 10 heteroatoms. The first-order valence-corrected chi connectivity index (χ1v) is 13.2. The number of nitrogens with zero attached hydrogens (tertiary/aromatic N) is 2. The first kappa shape index (κ1) is 31.6. The highest BCUT2D eigenvalue weighted by atomic mass is 19.1. The Balaban J connectivity index is 0.000000580. The Bertz CT molecular complexity index is 1020. The third-order valence-electron chi connectivity index (χ3n) is 6.16. The van der Waals surface area contributed by atoms with Crippen LogP contribution in [-0.4, -0.2) is 70.8 Å². The molecule has 3 N–H and O–H groups in total. The number of urea groups is 1. The number of hydrogen-bond acceptors (Lipinski definition) is 5. The topological polar surface area (TPSA) is 119 Å². The van der Waals surface area contributed by atoms with E-state index in [2.05, 4.69) is 31.1 Å². The first-order valence-electron chi connectivity index (χ1n) is 13.2. The van der Waals surface area contributed by atoms with Gasteiger partial charge in [-0.2, -0.15) is 0 Å². The maximum Gasteiger partial charge on any atom is 0.318 e. The Hall–Kier alpha value is -3.66. The highest BCUT2D eigenvalue weighted by Crippen LogP contribution is 2.21. The van der Waals surface area contributed by atoms with Crippen molar-refractivity contribution in [1.82, 2.24) is 15.1 Å². The molecule has 1 aliphatic rings. The van der Waals surface area contributed by atoms with Crippen molar-refractivity contribution in [3.8, 4) is 5.75 Å². The van der Waals surface area contributed by atoms with Crippen LogP contribution >= 0.6 is 0 Å². The molecule has 1 aliphatic heterocycles. The van der Waals surface area contributed by atoms with Crippen LogP contribution in [0, 0.1) is 11.7 Å². The molecule has 0 bridgehead atoms. The van der Waals surface area contributed by atoms with E-state index in [-0.39, 0.29) is 30.7 Å². The van der Waals surface area contributed by atoms with Gasteiger partial charge in [-0.15, -0.1) is 0 Å². The number of benzene rings is 2. The summed E-state index contributed by atoms with van der Waals surface area (Å²) in [6.45, 7) is 7.82. The van der Waals surface area contributed by atoms with E-state index in [4.69, 9.17) is 14.9 Å². The van der Waals surface area contributed by atoms with Gasteiger partial charge < -0.3 is 30.1 Å². The highest BCUT2D eigenvalue weighted by molar-refractivity contribution is 5.75. The van der Waals surface area contributed by atoms with Crippen LogP contribution in [0.3, 0.4) is 0 Å². The van der Waals surface area contributed by atoms with Crippen LogP contribution in [0.25, 0.3) is 0 Å². The summed E-state index contributed by atoms with van der Waals surface area (Å²) in [6, 6.07) is 14.4. The summed E-state index contributed by atoms with van der Waals surface area (Å²) in [4.78, 5) is 36.6. The van der Waals surface area contributed by atoms with E-state index in [1.807, 2.05) is 29.2 Å². The van der Waals surface area contributed by atoms with Crippen molar-refractivity contribution < 1.29 is 33.7 Å². The van der Waals surface area contributed by atoms with E-state index in [1.165, 1.54) is 12.1 Å². The van der Waals surface area contributed by atoms with Gasteiger partial charge in [-0.3, -0.25) is 9.59 Å². The third kappa shape index (κ3) is 12.6. The second-order valence-electron chi connectivity index (χ2n) is 10.1. The van der Waals surface area contributed by atoms with Crippen molar-refractivity contribution in [2.24, 2.45) is 5.92 Å². The van der Waals surface area contributed by atoms with Crippen molar-refractivity contribution >= 4 is 18.0 Å². The number of carbonyl (C=O) groups excluding carboxylic acids is 1. The number of carboxylic acids is 2. The Morgan fingerprint density at radius 3 is 2.03 bits per heavy atom. The number of likely N-dealkylation sites (tertiary alicyclic amines) is 1. The van der Waals surface area contributed by atoms with E-state index in [1.54, 1.807) is 12.1 Å². The average Bonchev–Trinajstić information content (AvgIpc) is 2.90. The number of nitrogens with one attached hydrogen (secondary N) is 1. The normalized spacial score (nSPS) is 13.8. The quantitative estimate of drug-likeness (QED) is 0.377. The van der Waals surface area contributed by atoms with Gasteiger partial charge in [-0.05, 0) is 74.3 Å². The number of aliphatic carboxylic acids is 2. The molecule has 214 valence electrons. The van der Waals surface area contributed by atoms with E-state index >= 15 is 0 Å². The highest BCUT2D eigenvalue weighted by Gasteiger charge is 2.27. The zero-order chi connectivity index (χ0) is 28.8. The number of amides is 2. The van der Waals surface area contributed by atoms with Crippen molar-refractivity contribution in [3.63, 3.8) is 0 Å². The molecule has 0 aromatic heterocycles. The van der Waals surface area contributed by atoms with Crippen molar-refractivity contribution in [2.75, 3.05) is 26.7 Å². The van der Waals surface area contributed by atoms with Crippen LogP contribution in [0.5, 0.6) is 5.75 Å². The van der Waals surface area contributed by atoms with Gasteiger partial charge in [0.05, 0.1) is 19.4 Å². The summed E-state index contributed by atoms with van der Waals surface area (Å²) in [7, 11) is 2.12. The molecule has 39 heavy (non-hydrogen) atoms. The van der Waals surface area contributed by atoms with Crippen molar-refractivity contribution in [2.45, 2.75) is 58.7 Å². The lowest BCUT2D eigenvalue weighted by Gasteiger charge is -2.37. The number of halogens is 1. The average molecular weight is 546 g/mol. The third-order valence-corrected chi connectivity index (χ3v) is 6.16. The number of hydrogen-bond donors (Lipinski definition) is 3. The van der Waals surface area contributed by atoms with Gasteiger partial charge in [0.25, 0.3) is 0 Å². The minimum Gasteiger partial charge on any atom is -0.493 e. The number of carboxylic acid groups (broad SMARTS) is 2. The van der Waals surface area contributed by atoms with Gasteiger partial charge in [0.15, 0.2) is 0 Å². The fraction of sp³-hybridized carbons (Fsp3) is 0.483. The molecule has 0 aliphatic carbocycles. The van der Waals surface area contributed by atoms with Gasteiger partial charge >= 0.3 is 18.0 Å². The van der Waals surface area contributed by atoms with Crippen LogP contribution in [0.15, 0.2) is 48.5 Å². The predicted octanol–water partition coefficient (Wildman–Crippen LogP) is 4.60. The van der Waals surface area contributed by atoms with Crippen LogP contribution in [0.4, 0.5) is 9.18 Å². The minimum atomic E-state index is -1.08. The summed E-state index contributed by atoms with van der Waals surface area (Å²) in [5.41, 5.74) is 1.96. The van der Waals surface area contributed by atoms with Crippen LogP contribution in [0.2, 0.25) is 0 Å². The lowest BCUT2D eigenvalue weighted by Crippen LogP contribution is -2.49. The maximum absolute atomic E-state index is 13.1. The Labute approximate surface area is 229 Å². The van der Waals surface area contributed by atoms with Crippen LogP contribution in [0.1, 0.15) is 50.7 Å². The molecular weight excluding hydrogens is 505 g/mol. The number of piperidine rings is 1. The molecule has 2 aromatic rings. The molecule has 1 fully saturated rings. The van der Waals surface area contributed by atoms with E-state index in [0.29, 0.717) is 25.6 Å². The molecule has 3 rings (SSSR count). The predicted molar refractivity (Wildman–Crippen MR) is 146 cm³/mol. The molecule has 0 atom stereocenters. The zero-order valence-electron chi connectivity index (χ0n) is 22.9. The molecule has 9 nitrogen and oxygen atoms in total. The lowest BCUT2D eigenvalue weighted by atomic mass is 10.0. The van der Waals surface area contributed by atoms with Crippen molar-refractivity contribution in [1.29, 1.82) is 0 Å². The molecule has 0 unspecified atom stereocenters. The van der Waals surface area contributed by atoms with Crippen LogP contribution < -0.4 is 10.1 Å². The Kier molecular flexibility index (Phi) is 13.2. The Morgan fingerprint density at radius 2 is 1.51 bits per heavy atom. The fourth-order valence-electron chi connectivity index (χ4n) is 3.92. The van der Waals surface area contributed by atoms with Gasteiger partial charge in [0, 0.05) is 19.1 Å². The van der Waals surface area contributed by atoms with E-state index < -0.39 is 11.9 Å². The van der Waals surface area contributed by atoms with Gasteiger partial charge in [0.1, 0.15) is 11.6 Å². The fourth-order valence-corrected chi connectivity index (χ4v) is 3.92. The van der Waals surface area contributed by atoms with E-state index in [9.17, 15) is 18.8 Å². The zero-order valence-corrected chi connectivity index (χ0v) is 22.9. The molecule has 0 spiro atoms.